The Morgan fingerprint density at radius 2 is 1.79 bits per heavy atom. The molecule has 3 aromatic carbocycles. The van der Waals surface area contributed by atoms with Gasteiger partial charge in [-0.25, -0.2) is 4.79 Å². The molecule has 5 nitrogen and oxygen atoms in total. The van der Waals surface area contributed by atoms with Gasteiger partial charge in [-0.3, -0.25) is 0 Å². The van der Waals surface area contributed by atoms with E-state index in [0.717, 1.165) is 21.3 Å². The third-order valence-corrected chi connectivity index (χ3v) is 5.40. The zero-order valence-electron chi connectivity index (χ0n) is 15.6. The van der Waals surface area contributed by atoms with E-state index in [0.29, 0.717) is 29.7 Å². The third kappa shape index (κ3) is 5.43. The molecule has 150 valence electrons. The van der Waals surface area contributed by atoms with Crippen molar-refractivity contribution in [2.24, 2.45) is 0 Å². The largest absolute Gasteiger partial charge is 0.493 e. The number of aromatic carboxylic acids is 1. The standard InChI is InChI=1S/C22H19BrClNO4/c1-28-20-10-16(12-25-17-8-6-14(7-9-17)22(26)27)18(23)11-21(20)29-13-15-4-2-3-5-19(15)24/h2-11,25H,12-13H2,1H3,(H,26,27). The van der Waals surface area contributed by atoms with Crippen molar-refractivity contribution in [3.05, 3.63) is 86.8 Å². The minimum Gasteiger partial charge on any atom is -0.493 e. The number of hydrogen-bond acceptors (Lipinski definition) is 4. The van der Waals surface area contributed by atoms with Crippen LogP contribution in [0.15, 0.2) is 65.1 Å². The van der Waals surface area contributed by atoms with Gasteiger partial charge in [-0.15, -0.1) is 0 Å². The zero-order chi connectivity index (χ0) is 20.8. The van der Waals surface area contributed by atoms with E-state index < -0.39 is 5.97 Å². The molecule has 29 heavy (non-hydrogen) atoms. The molecule has 0 aliphatic heterocycles. The minimum absolute atomic E-state index is 0.249. The van der Waals surface area contributed by atoms with Crippen LogP contribution in [0, 0.1) is 0 Å². The van der Waals surface area contributed by atoms with E-state index in [2.05, 4.69) is 21.2 Å². The van der Waals surface area contributed by atoms with Gasteiger partial charge in [0.15, 0.2) is 11.5 Å². The number of benzene rings is 3. The van der Waals surface area contributed by atoms with Crippen LogP contribution >= 0.6 is 27.5 Å². The molecule has 0 atom stereocenters. The summed E-state index contributed by atoms with van der Waals surface area (Å²) < 4.78 is 12.3. The lowest BCUT2D eigenvalue weighted by Gasteiger charge is -2.15. The number of carboxylic acid groups (broad SMARTS) is 1. The maximum atomic E-state index is 10.9. The molecule has 0 spiro atoms. The van der Waals surface area contributed by atoms with Crippen LogP contribution < -0.4 is 14.8 Å². The van der Waals surface area contributed by atoms with Crippen molar-refractivity contribution in [3.8, 4) is 11.5 Å². The van der Waals surface area contributed by atoms with Crippen molar-refractivity contribution in [2.45, 2.75) is 13.2 Å². The van der Waals surface area contributed by atoms with Crippen LogP contribution in [0.1, 0.15) is 21.5 Å². The number of nitrogens with one attached hydrogen (secondary N) is 1. The molecule has 0 aliphatic rings. The summed E-state index contributed by atoms with van der Waals surface area (Å²) in [6, 6.07) is 17.9. The first-order chi connectivity index (χ1) is 14.0. The van der Waals surface area contributed by atoms with Gasteiger partial charge in [0.2, 0.25) is 0 Å². The molecule has 0 unspecified atom stereocenters. The average molecular weight is 477 g/mol. The second-order valence-corrected chi connectivity index (χ2v) is 7.47. The highest BCUT2D eigenvalue weighted by Crippen LogP contribution is 2.35. The van der Waals surface area contributed by atoms with Crippen molar-refractivity contribution >= 4 is 39.2 Å². The van der Waals surface area contributed by atoms with E-state index in [-0.39, 0.29) is 5.56 Å². The number of carbonyl (C=O) groups is 1. The molecular weight excluding hydrogens is 458 g/mol. The first-order valence-corrected chi connectivity index (χ1v) is 9.95. The molecule has 0 heterocycles. The maximum Gasteiger partial charge on any atom is 0.335 e. The molecule has 0 saturated heterocycles. The van der Waals surface area contributed by atoms with E-state index in [1.807, 2.05) is 36.4 Å². The molecule has 0 bridgehead atoms. The summed E-state index contributed by atoms with van der Waals surface area (Å²) in [6.45, 7) is 0.851. The van der Waals surface area contributed by atoms with Crippen LogP contribution in [0.5, 0.6) is 11.5 Å². The summed E-state index contributed by atoms with van der Waals surface area (Å²) in [5.74, 6) is 0.267. The fraction of sp³-hybridized carbons (Fsp3) is 0.136. The summed E-state index contributed by atoms with van der Waals surface area (Å²) in [4.78, 5) is 10.9. The van der Waals surface area contributed by atoms with E-state index in [4.69, 9.17) is 26.2 Å². The second kappa shape index (κ2) is 9.67. The molecule has 0 aliphatic carbocycles. The summed E-state index contributed by atoms with van der Waals surface area (Å²) in [7, 11) is 1.59. The fourth-order valence-electron chi connectivity index (χ4n) is 2.68. The molecule has 0 aromatic heterocycles. The lowest BCUT2D eigenvalue weighted by atomic mass is 10.1. The van der Waals surface area contributed by atoms with E-state index in [1.54, 1.807) is 31.4 Å². The van der Waals surface area contributed by atoms with Gasteiger partial charge in [-0.2, -0.15) is 0 Å². The van der Waals surface area contributed by atoms with Gasteiger partial charge in [0, 0.05) is 27.3 Å². The number of rotatable bonds is 8. The summed E-state index contributed by atoms with van der Waals surface area (Å²) in [5, 5.41) is 12.9. The summed E-state index contributed by atoms with van der Waals surface area (Å²) in [6.07, 6.45) is 0. The highest BCUT2D eigenvalue weighted by Gasteiger charge is 2.12. The summed E-state index contributed by atoms with van der Waals surface area (Å²) in [5.41, 5.74) is 2.93. The summed E-state index contributed by atoms with van der Waals surface area (Å²) >= 11 is 9.76. The molecule has 3 rings (SSSR count). The predicted molar refractivity (Wildman–Crippen MR) is 117 cm³/mol. The predicted octanol–water partition coefficient (Wildman–Crippen LogP) is 6.00. The molecular formula is C22H19BrClNO4. The number of halogens is 2. The minimum atomic E-state index is -0.948. The van der Waals surface area contributed by atoms with Gasteiger partial charge in [-0.05, 0) is 48.0 Å². The van der Waals surface area contributed by atoms with Crippen molar-refractivity contribution in [1.82, 2.24) is 0 Å². The van der Waals surface area contributed by atoms with Crippen LogP contribution in [0.4, 0.5) is 5.69 Å². The van der Waals surface area contributed by atoms with Gasteiger partial charge < -0.3 is 19.9 Å². The fourth-order valence-corrected chi connectivity index (χ4v) is 3.34. The molecule has 0 fully saturated rings. The molecule has 0 radical (unpaired) electrons. The lowest BCUT2D eigenvalue weighted by Crippen LogP contribution is -2.03. The number of methoxy groups -OCH3 is 1. The highest BCUT2D eigenvalue weighted by atomic mass is 79.9. The van der Waals surface area contributed by atoms with E-state index in [9.17, 15) is 4.79 Å². The first-order valence-electron chi connectivity index (χ1n) is 8.77. The van der Waals surface area contributed by atoms with Crippen molar-refractivity contribution in [1.29, 1.82) is 0 Å². The lowest BCUT2D eigenvalue weighted by molar-refractivity contribution is 0.0697. The Morgan fingerprint density at radius 3 is 2.45 bits per heavy atom. The van der Waals surface area contributed by atoms with Crippen LogP contribution in [0.25, 0.3) is 0 Å². The molecule has 3 aromatic rings. The Balaban J connectivity index is 1.70. The smallest absolute Gasteiger partial charge is 0.335 e. The van der Waals surface area contributed by atoms with Crippen molar-refractivity contribution in [3.63, 3.8) is 0 Å². The Bertz CT molecular complexity index is 1010. The number of anilines is 1. The van der Waals surface area contributed by atoms with Crippen LogP contribution in [-0.2, 0) is 13.2 Å². The van der Waals surface area contributed by atoms with Gasteiger partial charge >= 0.3 is 5.97 Å². The topological polar surface area (TPSA) is 67.8 Å². The van der Waals surface area contributed by atoms with Gasteiger partial charge in [0.25, 0.3) is 0 Å². The number of carboxylic acids is 1. The van der Waals surface area contributed by atoms with Crippen molar-refractivity contribution < 1.29 is 19.4 Å². The Morgan fingerprint density at radius 1 is 1.07 bits per heavy atom. The first kappa shape index (κ1) is 21.0. The highest BCUT2D eigenvalue weighted by molar-refractivity contribution is 9.10. The van der Waals surface area contributed by atoms with Crippen LogP contribution in [0.3, 0.4) is 0 Å². The van der Waals surface area contributed by atoms with Crippen LogP contribution in [-0.4, -0.2) is 18.2 Å². The number of hydrogen-bond donors (Lipinski definition) is 2. The second-order valence-electron chi connectivity index (χ2n) is 6.21. The zero-order valence-corrected chi connectivity index (χ0v) is 18.0. The average Bonchev–Trinajstić information content (AvgIpc) is 2.72. The van der Waals surface area contributed by atoms with E-state index >= 15 is 0 Å². The van der Waals surface area contributed by atoms with E-state index in [1.165, 1.54) is 0 Å². The Hall–Kier alpha value is -2.70. The van der Waals surface area contributed by atoms with Gasteiger partial charge in [0.1, 0.15) is 6.61 Å². The monoisotopic (exact) mass is 475 g/mol. The molecule has 7 heteroatoms. The maximum absolute atomic E-state index is 10.9. The molecule has 2 N–H and O–H groups in total. The van der Waals surface area contributed by atoms with Gasteiger partial charge in [-0.1, -0.05) is 45.7 Å². The molecule has 0 amide bonds. The normalized spacial score (nSPS) is 10.4. The number of ether oxygens (including phenoxy) is 2. The Labute approximate surface area is 182 Å². The molecule has 0 saturated carbocycles. The third-order valence-electron chi connectivity index (χ3n) is 4.29. The van der Waals surface area contributed by atoms with Gasteiger partial charge in [0.05, 0.1) is 12.7 Å². The SMILES string of the molecule is COc1cc(CNc2ccc(C(=O)O)cc2)c(Br)cc1OCc1ccccc1Cl. The quantitative estimate of drug-likeness (QED) is 0.417. The van der Waals surface area contributed by atoms with Crippen LogP contribution in [0.2, 0.25) is 5.02 Å². The Kier molecular flexibility index (Phi) is 7.01. The van der Waals surface area contributed by atoms with Crippen molar-refractivity contribution in [2.75, 3.05) is 12.4 Å².